The van der Waals surface area contributed by atoms with Crippen molar-refractivity contribution in [3.05, 3.63) is 53.5 Å². The van der Waals surface area contributed by atoms with E-state index < -0.39 is 5.54 Å². The molecule has 7 heteroatoms. The molecule has 2 fully saturated rings. The summed E-state index contributed by atoms with van der Waals surface area (Å²) in [5, 5.41) is 0. The maximum absolute atomic E-state index is 13.7. The average molecular weight is 492 g/mol. The number of furan rings is 1. The summed E-state index contributed by atoms with van der Waals surface area (Å²) in [4.78, 5) is 35.1. The second-order valence-corrected chi connectivity index (χ2v) is 11.1. The standard InChI is InChI=1S/C29H34FN3O3/c1-18(2)22-15-23(19-9-11-21(30)12-10-19)31-24-16-25(36-26(22)24)28(35)33-14-13-32(17-29(33,3)4)27(34)20-7-5-6-8-20/h9-12,15-16,18,20H,5-8,13-14,17H2,1-4H3. The molecule has 3 heterocycles. The SMILES string of the molecule is CC(C)c1cc(-c2ccc(F)cc2)nc2cc(C(=O)N3CCN(C(=O)C4CCCC4)CC3(C)C)oc12. The van der Waals surface area contributed by atoms with E-state index in [0.717, 1.165) is 36.8 Å². The highest BCUT2D eigenvalue weighted by atomic mass is 19.1. The van der Waals surface area contributed by atoms with Crippen LogP contribution in [0, 0.1) is 11.7 Å². The van der Waals surface area contributed by atoms with Crippen LogP contribution >= 0.6 is 0 Å². The van der Waals surface area contributed by atoms with E-state index in [0.29, 0.717) is 36.4 Å². The van der Waals surface area contributed by atoms with Gasteiger partial charge in [0.15, 0.2) is 11.3 Å². The minimum absolute atomic E-state index is 0.134. The molecule has 1 saturated heterocycles. The molecule has 0 unspecified atom stereocenters. The number of carbonyl (C=O) groups is 2. The fraction of sp³-hybridized carbons (Fsp3) is 0.483. The van der Waals surface area contributed by atoms with Gasteiger partial charge >= 0.3 is 0 Å². The summed E-state index contributed by atoms with van der Waals surface area (Å²) in [7, 11) is 0. The number of nitrogens with zero attached hydrogens (tertiary/aromatic N) is 3. The molecule has 6 nitrogen and oxygen atoms in total. The van der Waals surface area contributed by atoms with Gasteiger partial charge in [0.2, 0.25) is 5.91 Å². The number of amides is 2. The van der Waals surface area contributed by atoms with Crippen LogP contribution in [0.25, 0.3) is 22.4 Å². The van der Waals surface area contributed by atoms with Gasteiger partial charge in [0.25, 0.3) is 5.91 Å². The first kappa shape index (κ1) is 24.5. The highest BCUT2D eigenvalue weighted by Gasteiger charge is 2.41. The molecule has 0 radical (unpaired) electrons. The second kappa shape index (κ2) is 9.34. The Hall–Kier alpha value is -3.22. The van der Waals surface area contributed by atoms with Gasteiger partial charge in [0.1, 0.15) is 11.3 Å². The summed E-state index contributed by atoms with van der Waals surface area (Å²) in [6.07, 6.45) is 4.20. The second-order valence-electron chi connectivity index (χ2n) is 11.1. The number of benzene rings is 1. The number of pyridine rings is 1. The van der Waals surface area contributed by atoms with E-state index in [1.165, 1.54) is 12.1 Å². The Kier molecular flexibility index (Phi) is 6.35. The molecule has 1 saturated carbocycles. The predicted molar refractivity (Wildman–Crippen MR) is 137 cm³/mol. The molecule has 2 aliphatic rings. The third-order valence-corrected chi connectivity index (χ3v) is 7.64. The number of halogens is 1. The molecular formula is C29H34FN3O3. The first-order chi connectivity index (χ1) is 17.1. The molecule has 2 aromatic heterocycles. The minimum atomic E-state index is -0.518. The predicted octanol–water partition coefficient (Wildman–Crippen LogP) is 6.01. The number of carbonyl (C=O) groups excluding carboxylic acids is 2. The molecule has 0 spiro atoms. The molecule has 36 heavy (non-hydrogen) atoms. The molecule has 190 valence electrons. The summed E-state index contributed by atoms with van der Waals surface area (Å²) < 4.78 is 19.6. The zero-order chi connectivity index (χ0) is 25.6. The Labute approximate surface area is 211 Å². The van der Waals surface area contributed by atoms with Crippen molar-refractivity contribution in [1.82, 2.24) is 14.8 Å². The molecule has 1 aliphatic heterocycles. The molecule has 5 rings (SSSR count). The van der Waals surface area contributed by atoms with Gasteiger partial charge in [-0.2, -0.15) is 0 Å². The van der Waals surface area contributed by atoms with Gasteiger partial charge in [0.05, 0.1) is 11.2 Å². The first-order valence-corrected chi connectivity index (χ1v) is 13.0. The van der Waals surface area contributed by atoms with Crippen molar-refractivity contribution in [3.8, 4) is 11.3 Å². The lowest BCUT2D eigenvalue weighted by molar-refractivity contribution is -0.139. The van der Waals surface area contributed by atoms with Crippen LogP contribution in [0.15, 0.2) is 40.8 Å². The number of hydrogen-bond acceptors (Lipinski definition) is 4. The van der Waals surface area contributed by atoms with Crippen molar-refractivity contribution in [2.75, 3.05) is 19.6 Å². The van der Waals surface area contributed by atoms with Crippen molar-refractivity contribution >= 4 is 22.9 Å². The van der Waals surface area contributed by atoms with Crippen molar-refractivity contribution in [2.45, 2.75) is 64.8 Å². The van der Waals surface area contributed by atoms with E-state index in [4.69, 9.17) is 9.40 Å². The molecule has 1 aliphatic carbocycles. The van der Waals surface area contributed by atoms with Gasteiger partial charge < -0.3 is 14.2 Å². The zero-order valence-electron chi connectivity index (χ0n) is 21.5. The van der Waals surface area contributed by atoms with E-state index in [2.05, 4.69) is 13.8 Å². The highest BCUT2D eigenvalue weighted by molar-refractivity contribution is 5.97. The first-order valence-electron chi connectivity index (χ1n) is 13.0. The number of piperazine rings is 1. The average Bonchev–Trinajstić information content (AvgIpc) is 3.52. The van der Waals surface area contributed by atoms with Gasteiger partial charge in [-0.25, -0.2) is 9.37 Å². The summed E-state index contributed by atoms with van der Waals surface area (Å²) in [5.41, 5.74) is 3.16. The number of hydrogen-bond donors (Lipinski definition) is 0. The van der Waals surface area contributed by atoms with Crippen molar-refractivity contribution in [3.63, 3.8) is 0 Å². The third kappa shape index (κ3) is 4.51. The van der Waals surface area contributed by atoms with E-state index in [1.54, 1.807) is 18.2 Å². The van der Waals surface area contributed by atoms with E-state index >= 15 is 0 Å². The van der Waals surface area contributed by atoms with E-state index in [-0.39, 0.29) is 35.2 Å². The van der Waals surface area contributed by atoms with Gasteiger partial charge in [-0.1, -0.05) is 26.7 Å². The Morgan fingerprint density at radius 2 is 1.78 bits per heavy atom. The van der Waals surface area contributed by atoms with Crippen LogP contribution in [0.3, 0.4) is 0 Å². The van der Waals surface area contributed by atoms with Crippen LogP contribution in [-0.2, 0) is 4.79 Å². The molecule has 1 aromatic carbocycles. The van der Waals surface area contributed by atoms with Gasteiger partial charge in [-0.3, -0.25) is 9.59 Å². The van der Waals surface area contributed by atoms with Crippen LogP contribution in [0.5, 0.6) is 0 Å². The monoisotopic (exact) mass is 491 g/mol. The maximum atomic E-state index is 13.7. The molecule has 0 atom stereocenters. The summed E-state index contributed by atoms with van der Waals surface area (Å²) in [6, 6.07) is 9.90. The van der Waals surface area contributed by atoms with Crippen LogP contribution in [0.2, 0.25) is 0 Å². The van der Waals surface area contributed by atoms with Crippen molar-refractivity contribution in [1.29, 1.82) is 0 Å². The van der Waals surface area contributed by atoms with E-state index in [9.17, 15) is 14.0 Å². The topological polar surface area (TPSA) is 66.7 Å². The zero-order valence-corrected chi connectivity index (χ0v) is 21.5. The highest BCUT2D eigenvalue weighted by Crippen LogP contribution is 2.34. The molecule has 0 N–H and O–H groups in total. The summed E-state index contributed by atoms with van der Waals surface area (Å²) in [6.45, 7) is 9.66. The molecule has 3 aromatic rings. The molecule has 2 amide bonds. The van der Waals surface area contributed by atoms with Crippen LogP contribution in [-0.4, -0.2) is 51.8 Å². The smallest absolute Gasteiger partial charge is 0.290 e. The van der Waals surface area contributed by atoms with Crippen molar-refractivity contribution in [2.24, 2.45) is 5.92 Å². The molecular weight excluding hydrogens is 457 g/mol. The lowest BCUT2D eigenvalue weighted by atomic mass is 9.96. The minimum Gasteiger partial charge on any atom is -0.449 e. The Bertz CT molecular complexity index is 1290. The number of aromatic nitrogens is 1. The van der Waals surface area contributed by atoms with Gasteiger partial charge in [-0.15, -0.1) is 0 Å². The lowest BCUT2D eigenvalue weighted by Gasteiger charge is -2.47. The van der Waals surface area contributed by atoms with Crippen LogP contribution < -0.4 is 0 Å². The quantitative estimate of drug-likeness (QED) is 0.448. The van der Waals surface area contributed by atoms with Crippen LogP contribution in [0.4, 0.5) is 4.39 Å². The molecule has 0 bridgehead atoms. The fourth-order valence-electron chi connectivity index (χ4n) is 5.63. The third-order valence-electron chi connectivity index (χ3n) is 7.64. The van der Waals surface area contributed by atoms with Crippen LogP contribution in [0.1, 0.15) is 75.4 Å². The Balaban J connectivity index is 1.42. The lowest BCUT2D eigenvalue weighted by Crippen LogP contribution is -2.62. The Morgan fingerprint density at radius 1 is 1.08 bits per heavy atom. The Morgan fingerprint density at radius 3 is 2.42 bits per heavy atom. The van der Waals surface area contributed by atoms with Gasteiger partial charge in [0, 0.05) is 42.7 Å². The summed E-state index contributed by atoms with van der Waals surface area (Å²) in [5.74, 6) is 0.270. The number of fused-ring (bicyclic) bond motifs is 1. The summed E-state index contributed by atoms with van der Waals surface area (Å²) >= 11 is 0. The largest absolute Gasteiger partial charge is 0.449 e. The maximum Gasteiger partial charge on any atom is 0.290 e. The normalized spacial score (nSPS) is 18.4. The fourth-order valence-corrected chi connectivity index (χ4v) is 5.63. The van der Waals surface area contributed by atoms with Gasteiger partial charge in [-0.05, 0) is 62.9 Å². The van der Waals surface area contributed by atoms with Crippen molar-refractivity contribution < 1.29 is 18.4 Å². The number of rotatable bonds is 4. The van der Waals surface area contributed by atoms with E-state index in [1.807, 2.05) is 29.7 Å².